The van der Waals surface area contributed by atoms with Crippen molar-refractivity contribution in [2.24, 2.45) is 52.3 Å². The summed E-state index contributed by atoms with van der Waals surface area (Å²) in [4.78, 5) is 24.7. The lowest BCUT2D eigenvalue weighted by molar-refractivity contribution is -0.210. The molecule has 4 aliphatic rings. The normalized spacial score (nSPS) is 42.6. The van der Waals surface area contributed by atoms with Gasteiger partial charge in [-0.15, -0.1) is 0 Å². The van der Waals surface area contributed by atoms with Gasteiger partial charge >= 0.3 is 16.2 Å². The minimum atomic E-state index is -3.82. The summed E-state index contributed by atoms with van der Waals surface area (Å²) in [6.45, 7) is 10.5. The highest BCUT2D eigenvalue weighted by molar-refractivity contribution is 7.88. The largest absolute Gasteiger partial charge is 0.462 e. The zero-order chi connectivity index (χ0) is 29.6. The Balaban J connectivity index is 1.46. The Hall–Kier alpha value is -1.23. The van der Waals surface area contributed by atoms with Crippen LogP contribution in [0.25, 0.3) is 0 Å². The zero-order valence-electron chi connectivity index (χ0n) is 25.2. The highest BCUT2D eigenvalue weighted by Crippen LogP contribution is 2.68. The van der Waals surface area contributed by atoms with E-state index in [1.54, 1.807) is 0 Å². The van der Waals surface area contributed by atoms with Crippen molar-refractivity contribution in [1.82, 2.24) is 9.44 Å². The van der Waals surface area contributed by atoms with Crippen molar-refractivity contribution in [3.63, 3.8) is 0 Å². The lowest BCUT2D eigenvalue weighted by atomic mass is 9.43. The van der Waals surface area contributed by atoms with Gasteiger partial charge in [-0.25, -0.2) is 9.44 Å². The van der Waals surface area contributed by atoms with Gasteiger partial charge in [0.25, 0.3) is 0 Å². The van der Waals surface area contributed by atoms with E-state index in [1.165, 1.54) is 7.05 Å². The molecule has 230 valence electrons. The molecular formula is C30H52N2O7S. The van der Waals surface area contributed by atoms with E-state index in [-0.39, 0.29) is 70.7 Å². The summed E-state index contributed by atoms with van der Waals surface area (Å²) in [6, 6.07) is 0. The van der Waals surface area contributed by atoms with E-state index in [9.17, 15) is 28.2 Å². The molecule has 1 amide bonds. The molecule has 0 aromatic carbocycles. The molecule has 4 N–H and O–H groups in total. The molecule has 0 aromatic heterocycles. The molecular weight excluding hydrogens is 532 g/mol. The molecule has 4 saturated carbocycles. The Labute approximate surface area is 240 Å². The molecule has 12 atom stereocenters. The van der Waals surface area contributed by atoms with Gasteiger partial charge in [0.15, 0.2) is 0 Å². The molecule has 10 heteroatoms. The smallest absolute Gasteiger partial charge is 0.308 e. The number of hydrogen-bond donors (Lipinski definition) is 4. The van der Waals surface area contributed by atoms with Crippen molar-refractivity contribution < 1.29 is 33.0 Å². The second kappa shape index (κ2) is 11.8. The Kier molecular flexibility index (Phi) is 9.36. The third-order valence-electron chi connectivity index (χ3n) is 12.1. The van der Waals surface area contributed by atoms with Crippen molar-refractivity contribution in [2.75, 3.05) is 7.05 Å². The third-order valence-corrected chi connectivity index (χ3v) is 13.2. The van der Waals surface area contributed by atoms with Crippen LogP contribution in [0.3, 0.4) is 0 Å². The van der Waals surface area contributed by atoms with Crippen molar-refractivity contribution in [3.8, 4) is 0 Å². The first-order valence-corrected chi connectivity index (χ1v) is 17.0. The van der Waals surface area contributed by atoms with Gasteiger partial charge in [0.05, 0.1) is 18.1 Å². The molecule has 40 heavy (non-hydrogen) atoms. The van der Waals surface area contributed by atoms with E-state index in [1.807, 2.05) is 18.6 Å². The summed E-state index contributed by atoms with van der Waals surface area (Å²) in [7, 11) is -2.56. The first-order valence-electron chi connectivity index (χ1n) is 15.5. The summed E-state index contributed by atoms with van der Waals surface area (Å²) in [5, 5.41) is 23.4. The standard InChI is InChI=1S/C30H52N2O7S/c1-7-17(2)28(36)39-20-12-13-29(4)19(14-20)15-24(33)27-22-10-9-21(30(22,5)25(34)16-23(27)29)18(3)8-11-26(35)32-40(37,38)31-6/h17-25,27,31,33-34H,7-16H2,1-6H3,(H,32,35). The first kappa shape index (κ1) is 31.7. The Morgan fingerprint density at radius 2 is 1.75 bits per heavy atom. The third kappa shape index (κ3) is 5.71. The molecule has 0 aromatic rings. The van der Waals surface area contributed by atoms with Crippen LogP contribution in [0.5, 0.6) is 0 Å². The second-order valence-corrected chi connectivity index (χ2v) is 15.6. The van der Waals surface area contributed by atoms with Gasteiger partial charge in [0.1, 0.15) is 6.10 Å². The lowest BCUT2D eigenvalue weighted by Crippen LogP contribution is -2.62. The Bertz CT molecular complexity index is 1050. The average molecular weight is 585 g/mol. The molecule has 0 spiro atoms. The predicted molar refractivity (Wildman–Crippen MR) is 152 cm³/mol. The number of aliphatic hydroxyl groups excluding tert-OH is 2. The number of carbonyl (C=O) groups excluding carboxylic acids is 2. The van der Waals surface area contributed by atoms with Crippen LogP contribution >= 0.6 is 0 Å². The van der Waals surface area contributed by atoms with E-state index in [0.717, 1.165) is 38.5 Å². The fourth-order valence-corrected chi connectivity index (χ4v) is 9.98. The van der Waals surface area contributed by atoms with Gasteiger partial charge in [-0.05, 0) is 104 Å². The van der Waals surface area contributed by atoms with Crippen molar-refractivity contribution in [2.45, 2.75) is 117 Å². The number of fused-ring (bicyclic) bond motifs is 5. The van der Waals surface area contributed by atoms with E-state index in [0.29, 0.717) is 19.3 Å². The summed E-state index contributed by atoms with van der Waals surface area (Å²) >= 11 is 0. The van der Waals surface area contributed by atoms with Crippen molar-refractivity contribution in [1.29, 1.82) is 0 Å². The molecule has 0 saturated heterocycles. The van der Waals surface area contributed by atoms with Crippen LogP contribution in [0.1, 0.15) is 98.8 Å². The van der Waals surface area contributed by atoms with Gasteiger partial charge in [-0.2, -0.15) is 8.42 Å². The first-order chi connectivity index (χ1) is 18.7. The molecule has 12 unspecified atom stereocenters. The van der Waals surface area contributed by atoms with Gasteiger partial charge in [-0.3, -0.25) is 9.59 Å². The van der Waals surface area contributed by atoms with Crippen LogP contribution in [0, 0.1) is 52.3 Å². The van der Waals surface area contributed by atoms with E-state index < -0.39 is 28.3 Å². The molecule has 4 fully saturated rings. The predicted octanol–water partition coefficient (Wildman–Crippen LogP) is 3.54. The highest BCUT2D eigenvalue weighted by atomic mass is 32.2. The minimum Gasteiger partial charge on any atom is -0.462 e. The number of rotatable bonds is 9. The molecule has 9 nitrogen and oxygen atoms in total. The number of esters is 1. The van der Waals surface area contributed by atoms with Gasteiger partial charge < -0.3 is 14.9 Å². The SMILES string of the molecule is CCC(C)C(=O)OC1CCC2(C)C(C1)CC(O)C1C2CC(O)C2(C)C(C(C)CCC(=O)NS(=O)(=O)NC)CCC12. The second-order valence-electron chi connectivity index (χ2n) is 14.0. The molecule has 0 bridgehead atoms. The average Bonchev–Trinajstić information content (AvgIpc) is 3.26. The summed E-state index contributed by atoms with van der Waals surface area (Å²) in [5.74, 6) is 0.350. The van der Waals surface area contributed by atoms with E-state index >= 15 is 0 Å². The maximum Gasteiger partial charge on any atom is 0.308 e. The van der Waals surface area contributed by atoms with Crippen LogP contribution in [-0.2, 0) is 24.5 Å². The van der Waals surface area contributed by atoms with Crippen LogP contribution in [-0.4, -0.2) is 55.9 Å². The fraction of sp³-hybridized carbons (Fsp3) is 0.933. The highest BCUT2D eigenvalue weighted by Gasteiger charge is 2.65. The van der Waals surface area contributed by atoms with Gasteiger partial charge in [0.2, 0.25) is 5.91 Å². The number of hydrogen-bond acceptors (Lipinski definition) is 7. The molecule has 0 heterocycles. The van der Waals surface area contributed by atoms with E-state index in [4.69, 9.17) is 4.74 Å². The number of amides is 1. The topological polar surface area (TPSA) is 142 Å². The quantitative estimate of drug-likeness (QED) is 0.304. The number of nitrogens with one attached hydrogen (secondary N) is 2. The number of carbonyl (C=O) groups is 2. The van der Waals surface area contributed by atoms with Crippen molar-refractivity contribution >= 4 is 22.1 Å². The molecule has 4 rings (SSSR count). The van der Waals surface area contributed by atoms with Crippen LogP contribution in [0.15, 0.2) is 0 Å². The van der Waals surface area contributed by atoms with E-state index in [2.05, 4.69) is 25.5 Å². The molecule has 0 aliphatic heterocycles. The number of aliphatic hydroxyl groups is 2. The summed E-state index contributed by atoms with van der Waals surface area (Å²) < 4.78 is 33.4. The Morgan fingerprint density at radius 3 is 2.40 bits per heavy atom. The summed E-state index contributed by atoms with van der Waals surface area (Å²) in [5.41, 5.74) is -0.368. The monoisotopic (exact) mass is 584 g/mol. The van der Waals surface area contributed by atoms with Crippen LogP contribution < -0.4 is 9.44 Å². The van der Waals surface area contributed by atoms with Gasteiger partial charge in [0, 0.05) is 13.5 Å². The van der Waals surface area contributed by atoms with Crippen LogP contribution in [0.2, 0.25) is 0 Å². The maximum atomic E-state index is 12.5. The van der Waals surface area contributed by atoms with Crippen LogP contribution in [0.4, 0.5) is 0 Å². The summed E-state index contributed by atoms with van der Waals surface area (Å²) in [6.07, 6.45) is 6.13. The zero-order valence-corrected chi connectivity index (χ0v) is 26.0. The van der Waals surface area contributed by atoms with Gasteiger partial charge in [-0.1, -0.05) is 34.6 Å². The van der Waals surface area contributed by atoms with Crippen molar-refractivity contribution in [3.05, 3.63) is 0 Å². The Morgan fingerprint density at radius 1 is 1.05 bits per heavy atom. The maximum absolute atomic E-state index is 12.5. The molecule has 4 aliphatic carbocycles. The lowest BCUT2D eigenvalue weighted by Gasteiger charge is -2.63. The molecule has 0 radical (unpaired) electrons. The number of ether oxygens (including phenoxy) is 1. The minimum absolute atomic E-state index is 0.00785. The fourth-order valence-electron chi connectivity index (χ4n) is 9.48.